The van der Waals surface area contributed by atoms with Gasteiger partial charge in [-0.1, -0.05) is 30.0 Å². The van der Waals surface area contributed by atoms with Crippen molar-refractivity contribution >= 4 is 11.7 Å². The van der Waals surface area contributed by atoms with Gasteiger partial charge in [0.2, 0.25) is 0 Å². The van der Waals surface area contributed by atoms with Crippen LogP contribution in [0.5, 0.6) is 0 Å². The normalized spacial score (nSPS) is 12.1. The second kappa shape index (κ2) is 5.50. The zero-order chi connectivity index (χ0) is 13.8. The van der Waals surface area contributed by atoms with Crippen molar-refractivity contribution in [1.29, 1.82) is 0 Å². The summed E-state index contributed by atoms with van der Waals surface area (Å²) < 4.78 is 4.96. The van der Waals surface area contributed by atoms with Crippen LogP contribution < -0.4 is 5.32 Å². The van der Waals surface area contributed by atoms with Crippen molar-refractivity contribution in [2.24, 2.45) is 0 Å². The number of para-hydroxylation sites is 1. The van der Waals surface area contributed by atoms with E-state index in [1.54, 1.807) is 6.07 Å². The molecule has 20 heavy (non-hydrogen) atoms. The molecule has 3 heteroatoms. The molecule has 0 unspecified atom stereocenters. The van der Waals surface area contributed by atoms with Gasteiger partial charge in [0, 0.05) is 16.8 Å². The number of ether oxygens (including phenoxy) is 1. The molecule has 1 heterocycles. The highest BCUT2D eigenvalue weighted by Crippen LogP contribution is 2.20. The van der Waals surface area contributed by atoms with Crippen LogP contribution in [0.1, 0.15) is 21.5 Å². The van der Waals surface area contributed by atoms with Gasteiger partial charge in [-0.05, 0) is 30.3 Å². The number of carbonyl (C=O) groups excluding carboxylic acids is 1. The fraction of sp³-hybridized carbons (Fsp3) is 0.118. The van der Waals surface area contributed by atoms with E-state index >= 15 is 0 Å². The van der Waals surface area contributed by atoms with Gasteiger partial charge in [-0.3, -0.25) is 0 Å². The average molecular weight is 263 g/mol. The van der Waals surface area contributed by atoms with E-state index in [0.29, 0.717) is 18.7 Å². The molecule has 0 saturated carbocycles. The number of anilines is 1. The standard InChI is InChI=1S/C17H13NO2/c19-17-16-9-8-13(11-14(16)12-20-17)5-4-10-18-15-6-2-1-3-7-15/h1-3,6-9,11,18H,10,12H2. The van der Waals surface area contributed by atoms with E-state index in [-0.39, 0.29) is 5.97 Å². The molecule has 1 aliphatic heterocycles. The third-order valence-corrected chi connectivity index (χ3v) is 3.07. The summed E-state index contributed by atoms with van der Waals surface area (Å²) in [5, 5.41) is 3.22. The van der Waals surface area contributed by atoms with Gasteiger partial charge in [0.05, 0.1) is 12.1 Å². The predicted octanol–water partition coefficient (Wildman–Crippen LogP) is 2.82. The van der Waals surface area contributed by atoms with E-state index in [9.17, 15) is 4.79 Å². The molecule has 1 N–H and O–H groups in total. The quantitative estimate of drug-likeness (QED) is 0.669. The number of esters is 1. The summed E-state index contributed by atoms with van der Waals surface area (Å²) in [7, 11) is 0. The lowest BCUT2D eigenvalue weighted by molar-refractivity contribution is 0.0535. The topological polar surface area (TPSA) is 38.3 Å². The van der Waals surface area contributed by atoms with E-state index in [1.165, 1.54) is 0 Å². The third-order valence-electron chi connectivity index (χ3n) is 3.07. The van der Waals surface area contributed by atoms with Gasteiger partial charge in [0.1, 0.15) is 6.61 Å². The Kier molecular flexibility index (Phi) is 3.38. The van der Waals surface area contributed by atoms with E-state index in [0.717, 1.165) is 16.8 Å². The van der Waals surface area contributed by atoms with Crippen LogP contribution in [-0.4, -0.2) is 12.5 Å². The number of carbonyl (C=O) groups is 1. The summed E-state index contributed by atoms with van der Waals surface area (Å²) >= 11 is 0. The zero-order valence-corrected chi connectivity index (χ0v) is 10.8. The molecule has 0 spiro atoms. The molecule has 0 saturated heterocycles. The number of benzene rings is 2. The van der Waals surface area contributed by atoms with E-state index in [4.69, 9.17) is 4.74 Å². The summed E-state index contributed by atoms with van der Waals surface area (Å²) in [4.78, 5) is 11.3. The monoisotopic (exact) mass is 263 g/mol. The molecule has 0 bridgehead atoms. The first-order valence-corrected chi connectivity index (χ1v) is 6.41. The van der Waals surface area contributed by atoms with Crippen LogP contribution in [0.25, 0.3) is 0 Å². The second-order valence-electron chi connectivity index (χ2n) is 4.47. The number of hydrogen-bond acceptors (Lipinski definition) is 3. The van der Waals surface area contributed by atoms with Crippen molar-refractivity contribution in [1.82, 2.24) is 0 Å². The molecule has 2 aromatic carbocycles. The molecule has 0 atom stereocenters. The summed E-state index contributed by atoms with van der Waals surface area (Å²) in [6.07, 6.45) is 0. The van der Waals surface area contributed by atoms with Crippen molar-refractivity contribution in [2.75, 3.05) is 11.9 Å². The van der Waals surface area contributed by atoms with Gasteiger partial charge in [0.15, 0.2) is 0 Å². The Labute approximate surface area is 117 Å². The van der Waals surface area contributed by atoms with Gasteiger partial charge in [0.25, 0.3) is 0 Å². The van der Waals surface area contributed by atoms with E-state index in [1.807, 2.05) is 42.5 Å². The van der Waals surface area contributed by atoms with Gasteiger partial charge >= 0.3 is 5.97 Å². The lowest BCUT2D eigenvalue weighted by Crippen LogP contribution is -1.98. The molecule has 3 rings (SSSR count). The Bertz CT molecular complexity index is 696. The van der Waals surface area contributed by atoms with Crippen LogP contribution in [0.4, 0.5) is 5.69 Å². The van der Waals surface area contributed by atoms with Gasteiger partial charge < -0.3 is 10.1 Å². The number of fused-ring (bicyclic) bond motifs is 1. The average Bonchev–Trinajstić information content (AvgIpc) is 2.86. The highest BCUT2D eigenvalue weighted by Gasteiger charge is 2.20. The molecule has 0 radical (unpaired) electrons. The summed E-state index contributed by atoms with van der Waals surface area (Å²) in [5.41, 5.74) is 3.52. The maximum Gasteiger partial charge on any atom is 0.338 e. The molecule has 1 aliphatic rings. The molecule has 3 nitrogen and oxygen atoms in total. The minimum absolute atomic E-state index is 0.245. The van der Waals surface area contributed by atoms with Crippen molar-refractivity contribution in [3.8, 4) is 11.8 Å². The lowest BCUT2D eigenvalue weighted by Gasteiger charge is -2.00. The molecule has 0 fully saturated rings. The SMILES string of the molecule is O=C1OCc2cc(C#CCNc3ccccc3)ccc21. The van der Waals surface area contributed by atoms with Crippen molar-refractivity contribution in [2.45, 2.75) is 6.61 Å². The fourth-order valence-electron chi connectivity index (χ4n) is 2.06. The van der Waals surface area contributed by atoms with Crippen LogP contribution in [0.15, 0.2) is 48.5 Å². The molecule has 0 aromatic heterocycles. The minimum atomic E-state index is -0.245. The van der Waals surface area contributed by atoms with Crippen LogP contribution in [0.3, 0.4) is 0 Å². The Hall–Kier alpha value is -2.73. The maximum absolute atomic E-state index is 11.3. The van der Waals surface area contributed by atoms with Crippen LogP contribution in [0, 0.1) is 11.8 Å². The number of cyclic esters (lactones) is 1. The van der Waals surface area contributed by atoms with Crippen molar-refractivity contribution in [3.63, 3.8) is 0 Å². The van der Waals surface area contributed by atoms with Gasteiger partial charge in [-0.2, -0.15) is 0 Å². The Morgan fingerprint density at radius 2 is 2.00 bits per heavy atom. The van der Waals surface area contributed by atoms with Crippen LogP contribution in [0.2, 0.25) is 0 Å². The van der Waals surface area contributed by atoms with Gasteiger partial charge in [-0.25, -0.2) is 4.79 Å². The highest BCUT2D eigenvalue weighted by atomic mass is 16.5. The predicted molar refractivity (Wildman–Crippen MR) is 77.4 cm³/mol. The summed E-state index contributed by atoms with van der Waals surface area (Å²) in [6.45, 7) is 0.933. The first-order valence-electron chi connectivity index (χ1n) is 6.41. The zero-order valence-electron chi connectivity index (χ0n) is 10.8. The lowest BCUT2D eigenvalue weighted by atomic mass is 10.1. The molecular formula is C17H13NO2. The highest BCUT2D eigenvalue weighted by molar-refractivity contribution is 5.93. The first kappa shape index (κ1) is 12.3. The van der Waals surface area contributed by atoms with Crippen LogP contribution in [-0.2, 0) is 11.3 Å². The maximum atomic E-state index is 11.3. The molecule has 0 amide bonds. The Morgan fingerprint density at radius 1 is 1.15 bits per heavy atom. The molecular weight excluding hydrogens is 250 g/mol. The summed E-state index contributed by atoms with van der Waals surface area (Å²) in [5.74, 6) is 5.90. The third kappa shape index (κ3) is 2.65. The number of nitrogens with one attached hydrogen (secondary N) is 1. The second-order valence-corrected chi connectivity index (χ2v) is 4.47. The number of hydrogen-bond donors (Lipinski definition) is 1. The molecule has 2 aromatic rings. The minimum Gasteiger partial charge on any atom is -0.457 e. The van der Waals surface area contributed by atoms with Crippen LogP contribution >= 0.6 is 0 Å². The van der Waals surface area contributed by atoms with Crippen molar-refractivity contribution < 1.29 is 9.53 Å². The molecule has 98 valence electrons. The Balaban J connectivity index is 1.64. The first-order chi connectivity index (χ1) is 9.83. The fourth-order valence-corrected chi connectivity index (χ4v) is 2.06. The van der Waals surface area contributed by atoms with Gasteiger partial charge in [-0.15, -0.1) is 0 Å². The summed E-state index contributed by atoms with van der Waals surface area (Å²) in [6, 6.07) is 15.5. The Morgan fingerprint density at radius 3 is 2.85 bits per heavy atom. The smallest absolute Gasteiger partial charge is 0.338 e. The molecule has 0 aliphatic carbocycles. The van der Waals surface area contributed by atoms with E-state index < -0.39 is 0 Å². The number of rotatable bonds is 2. The van der Waals surface area contributed by atoms with E-state index in [2.05, 4.69) is 17.2 Å². The largest absolute Gasteiger partial charge is 0.457 e. The van der Waals surface area contributed by atoms with Crippen molar-refractivity contribution in [3.05, 3.63) is 65.2 Å².